The number of carbonyl (C=O) groups is 1. The molecular formula is C8H11N3O3S2. The molecule has 2 rings (SSSR count). The average Bonchev–Trinajstić information content (AvgIpc) is 2.72. The van der Waals surface area contributed by atoms with Gasteiger partial charge < -0.3 is 5.32 Å². The molecule has 1 aromatic rings. The molecule has 1 fully saturated rings. The average molecular weight is 261 g/mol. The van der Waals surface area contributed by atoms with Crippen molar-refractivity contribution in [3.63, 3.8) is 0 Å². The summed E-state index contributed by atoms with van der Waals surface area (Å²) in [6.07, 6.45) is 0.477. The topological polar surface area (TPSA) is 89.0 Å². The first-order chi connectivity index (χ1) is 7.48. The molecule has 1 N–H and O–H groups in total. The second-order valence-electron chi connectivity index (χ2n) is 3.75. The fraction of sp³-hybridized carbons (Fsp3) is 0.625. The molecule has 6 nitrogen and oxygen atoms in total. The normalized spacial score (nSPS) is 23.2. The van der Waals surface area contributed by atoms with Crippen LogP contribution in [0.2, 0.25) is 0 Å². The Morgan fingerprint density at radius 2 is 2.31 bits per heavy atom. The first kappa shape index (κ1) is 11.5. The van der Waals surface area contributed by atoms with Crippen molar-refractivity contribution >= 4 is 27.3 Å². The maximum absolute atomic E-state index is 11.7. The number of aryl methyl sites for hydroxylation is 1. The Hall–Kier alpha value is -1.02. The van der Waals surface area contributed by atoms with Crippen LogP contribution in [-0.4, -0.2) is 41.5 Å². The molecule has 0 bridgehead atoms. The zero-order valence-electron chi connectivity index (χ0n) is 8.63. The van der Waals surface area contributed by atoms with Crippen molar-refractivity contribution in [2.24, 2.45) is 0 Å². The van der Waals surface area contributed by atoms with E-state index in [-0.39, 0.29) is 29.1 Å². The lowest BCUT2D eigenvalue weighted by Gasteiger charge is -2.08. The van der Waals surface area contributed by atoms with Crippen LogP contribution in [0.25, 0.3) is 0 Å². The van der Waals surface area contributed by atoms with Crippen molar-refractivity contribution in [1.29, 1.82) is 0 Å². The number of sulfone groups is 1. The van der Waals surface area contributed by atoms with Gasteiger partial charge in [0.15, 0.2) is 15.5 Å². The Morgan fingerprint density at radius 1 is 1.56 bits per heavy atom. The molecule has 1 amide bonds. The number of nitrogens with one attached hydrogen (secondary N) is 1. The lowest BCUT2D eigenvalue weighted by Crippen LogP contribution is -2.36. The summed E-state index contributed by atoms with van der Waals surface area (Å²) in [6, 6.07) is -0.293. The Kier molecular flexibility index (Phi) is 2.94. The highest BCUT2D eigenvalue weighted by Crippen LogP contribution is 2.13. The summed E-state index contributed by atoms with van der Waals surface area (Å²) < 4.78 is 26.1. The van der Waals surface area contributed by atoms with Gasteiger partial charge in [0.25, 0.3) is 5.91 Å². The van der Waals surface area contributed by atoms with Crippen LogP contribution >= 0.6 is 11.5 Å². The van der Waals surface area contributed by atoms with E-state index in [2.05, 4.69) is 14.9 Å². The monoisotopic (exact) mass is 261 g/mol. The van der Waals surface area contributed by atoms with Crippen LogP contribution in [0.1, 0.15) is 21.8 Å². The van der Waals surface area contributed by atoms with Crippen molar-refractivity contribution in [2.75, 3.05) is 11.5 Å². The number of amides is 1. The highest BCUT2D eigenvalue weighted by molar-refractivity contribution is 7.91. The quantitative estimate of drug-likeness (QED) is 0.794. The molecule has 16 heavy (non-hydrogen) atoms. The maximum Gasteiger partial charge on any atom is 0.273 e. The van der Waals surface area contributed by atoms with Gasteiger partial charge in [-0.15, -0.1) is 5.10 Å². The van der Waals surface area contributed by atoms with Gasteiger partial charge >= 0.3 is 0 Å². The molecule has 2 heterocycles. The van der Waals surface area contributed by atoms with E-state index in [9.17, 15) is 13.2 Å². The van der Waals surface area contributed by atoms with Gasteiger partial charge in [-0.05, 0) is 24.9 Å². The maximum atomic E-state index is 11.7. The lowest BCUT2D eigenvalue weighted by molar-refractivity contribution is 0.0935. The number of aromatic nitrogens is 2. The van der Waals surface area contributed by atoms with E-state index in [1.165, 1.54) is 0 Å². The van der Waals surface area contributed by atoms with Crippen LogP contribution in [0.15, 0.2) is 0 Å². The SMILES string of the molecule is Cc1snnc1C(=O)N[C@H]1CCS(=O)(=O)C1. The molecule has 1 aliphatic heterocycles. The molecule has 0 unspecified atom stereocenters. The third-order valence-corrected chi connectivity index (χ3v) is 4.83. The third kappa shape index (κ3) is 2.38. The summed E-state index contributed by atoms with van der Waals surface area (Å²) in [5.74, 6) is -0.171. The van der Waals surface area contributed by atoms with Gasteiger partial charge in [-0.2, -0.15) is 0 Å². The number of rotatable bonds is 2. The number of nitrogens with zero attached hydrogens (tertiary/aromatic N) is 2. The second kappa shape index (κ2) is 4.10. The Morgan fingerprint density at radius 3 is 2.81 bits per heavy atom. The van der Waals surface area contributed by atoms with Crippen LogP contribution in [-0.2, 0) is 9.84 Å². The Labute approximate surface area is 97.1 Å². The van der Waals surface area contributed by atoms with E-state index in [0.29, 0.717) is 6.42 Å². The highest BCUT2D eigenvalue weighted by atomic mass is 32.2. The molecule has 0 aliphatic carbocycles. The van der Waals surface area contributed by atoms with E-state index >= 15 is 0 Å². The van der Waals surface area contributed by atoms with Crippen LogP contribution < -0.4 is 5.32 Å². The van der Waals surface area contributed by atoms with E-state index in [1.54, 1.807) is 6.92 Å². The number of carbonyl (C=O) groups excluding carboxylic acids is 1. The van der Waals surface area contributed by atoms with Gasteiger partial charge in [-0.25, -0.2) is 8.42 Å². The lowest BCUT2D eigenvalue weighted by atomic mass is 10.2. The van der Waals surface area contributed by atoms with Gasteiger partial charge in [-0.3, -0.25) is 4.79 Å². The Bertz CT molecular complexity index is 508. The smallest absolute Gasteiger partial charge is 0.273 e. The van der Waals surface area contributed by atoms with Gasteiger partial charge in [0, 0.05) is 6.04 Å². The van der Waals surface area contributed by atoms with E-state index < -0.39 is 9.84 Å². The largest absolute Gasteiger partial charge is 0.347 e. The Balaban J connectivity index is 2.02. The molecule has 1 saturated heterocycles. The van der Waals surface area contributed by atoms with Crippen molar-refractivity contribution in [1.82, 2.24) is 14.9 Å². The van der Waals surface area contributed by atoms with Crippen molar-refractivity contribution in [2.45, 2.75) is 19.4 Å². The first-order valence-corrected chi connectivity index (χ1v) is 7.38. The minimum atomic E-state index is -2.97. The highest BCUT2D eigenvalue weighted by Gasteiger charge is 2.29. The summed E-state index contributed by atoms with van der Waals surface area (Å²) in [7, 11) is -2.97. The molecule has 0 aromatic carbocycles. The van der Waals surface area contributed by atoms with Crippen molar-refractivity contribution in [3.8, 4) is 0 Å². The van der Waals surface area contributed by atoms with Gasteiger partial charge in [0.2, 0.25) is 0 Å². The zero-order valence-corrected chi connectivity index (χ0v) is 10.3. The molecule has 88 valence electrons. The molecule has 0 spiro atoms. The molecule has 0 radical (unpaired) electrons. The number of hydrogen-bond acceptors (Lipinski definition) is 6. The van der Waals surface area contributed by atoms with Gasteiger partial charge in [-0.1, -0.05) is 4.49 Å². The van der Waals surface area contributed by atoms with E-state index in [4.69, 9.17) is 0 Å². The van der Waals surface area contributed by atoms with Crippen LogP contribution in [0.5, 0.6) is 0 Å². The van der Waals surface area contributed by atoms with Crippen LogP contribution in [0.3, 0.4) is 0 Å². The standard InChI is InChI=1S/C8H11N3O3S2/c1-5-7(10-11-15-5)8(12)9-6-2-3-16(13,14)4-6/h6H,2-4H2,1H3,(H,9,12)/t6-/m0/s1. The molecule has 1 atom stereocenters. The summed E-state index contributed by atoms with van der Waals surface area (Å²) in [5.41, 5.74) is 0.286. The third-order valence-electron chi connectivity index (χ3n) is 2.43. The summed E-state index contributed by atoms with van der Waals surface area (Å²) >= 11 is 1.15. The van der Waals surface area contributed by atoms with Crippen LogP contribution in [0, 0.1) is 6.92 Å². The molecule has 1 aromatic heterocycles. The minimum absolute atomic E-state index is 0.0232. The molecular weight excluding hydrogens is 250 g/mol. The second-order valence-corrected chi connectivity index (χ2v) is 6.94. The first-order valence-electron chi connectivity index (χ1n) is 4.78. The predicted molar refractivity (Wildman–Crippen MR) is 59.2 cm³/mol. The van der Waals surface area contributed by atoms with E-state index in [0.717, 1.165) is 16.4 Å². The predicted octanol–water partition coefficient (Wildman–Crippen LogP) is -0.237. The summed E-state index contributed by atoms with van der Waals surface area (Å²) in [6.45, 7) is 1.75. The van der Waals surface area contributed by atoms with Gasteiger partial charge in [0.1, 0.15) is 0 Å². The molecule has 0 saturated carbocycles. The summed E-state index contributed by atoms with van der Waals surface area (Å²) in [4.78, 5) is 12.4. The minimum Gasteiger partial charge on any atom is -0.347 e. The van der Waals surface area contributed by atoms with Crippen molar-refractivity contribution < 1.29 is 13.2 Å². The van der Waals surface area contributed by atoms with Crippen molar-refractivity contribution in [3.05, 3.63) is 10.6 Å². The fourth-order valence-corrected chi connectivity index (χ4v) is 3.74. The zero-order chi connectivity index (χ0) is 11.8. The molecule has 1 aliphatic rings. The van der Waals surface area contributed by atoms with E-state index in [1.807, 2.05) is 0 Å². The fourth-order valence-electron chi connectivity index (χ4n) is 1.60. The van der Waals surface area contributed by atoms with Gasteiger partial charge in [0.05, 0.1) is 16.4 Å². The van der Waals surface area contributed by atoms with Crippen LogP contribution in [0.4, 0.5) is 0 Å². The molecule has 8 heteroatoms. The number of hydrogen-bond donors (Lipinski definition) is 1. The summed E-state index contributed by atoms with van der Waals surface area (Å²) in [5, 5.41) is 6.36.